The smallest absolute Gasteiger partial charge is 0.253 e. The normalized spacial score (nSPS) is 23.6. The lowest BCUT2D eigenvalue weighted by Gasteiger charge is -2.12. The van der Waals surface area contributed by atoms with Crippen LogP contribution in [0, 0.1) is 6.92 Å². The number of rotatable bonds is 3. The first-order valence-electron chi connectivity index (χ1n) is 5.64. The van der Waals surface area contributed by atoms with Crippen molar-refractivity contribution in [2.75, 3.05) is 11.9 Å². The molecule has 1 aliphatic rings. The Bertz CT molecular complexity index is 393. The summed E-state index contributed by atoms with van der Waals surface area (Å²) in [6.45, 7) is 2.24. The van der Waals surface area contributed by atoms with Crippen molar-refractivity contribution in [3.8, 4) is 0 Å². The number of nitrogens with zero attached hydrogens (tertiary/aromatic N) is 2. The van der Waals surface area contributed by atoms with E-state index in [9.17, 15) is 4.79 Å². The largest absolute Gasteiger partial charge is 0.364 e. The zero-order valence-electron chi connectivity index (χ0n) is 9.72. The van der Waals surface area contributed by atoms with Gasteiger partial charge in [-0.15, -0.1) is 0 Å². The lowest BCUT2D eigenvalue weighted by Crippen LogP contribution is -2.29. The van der Waals surface area contributed by atoms with Gasteiger partial charge in [0.2, 0.25) is 0 Å². The molecule has 0 aliphatic carbocycles. The molecule has 1 saturated heterocycles. The minimum Gasteiger partial charge on any atom is -0.364 e. The number of nitrogens with one attached hydrogen (secondary N) is 1. The van der Waals surface area contributed by atoms with Gasteiger partial charge < -0.3 is 15.8 Å². The summed E-state index contributed by atoms with van der Waals surface area (Å²) in [5, 5.41) is 2.73. The second kappa shape index (κ2) is 5.20. The maximum absolute atomic E-state index is 11.8. The third-order valence-corrected chi connectivity index (χ3v) is 2.71. The molecule has 1 aromatic rings. The summed E-state index contributed by atoms with van der Waals surface area (Å²) < 4.78 is 5.49. The Hall–Kier alpha value is -1.53. The van der Waals surface area contributed by atoms with Gasteiger partial charge in [0, 0.05) is 6.54 Å². The van der Waals surface area contributed by atoms with Crippen molar-refractivity contribution in [2.45, 2.75) is 32.0 Å². The molecule has 92 valence electrons. The number of aromatic nitrogens is 2. The van der Waals surface area contributed by atoms with E-state index < -0.39 is 6.10 Å². The second-order valence-electron chi connectivity index (χ2n) is 4.07. The van der Waals surface area contributed by atoms with Crippen molar-refractivity contribution in [3.05, 3.63) is 18.2 Å². The summed E-state index contributed by atoms with van der Waals surface area (Å²) in [6.07, 6.45) is 4.29. The van der Waals surface area contributed by atoms with Gasteiger partial charge in [-0.25, -0.2) is 9.97 Å². The lowest BCUT2D eigenvalue weighted by atomic mass is 10.2. The topological polar surface area (TPSA) is 90.1 Å². The van der Waals surface area contributed by atoms with Crippen molar-refractivity contribution in [3.63, 3.8) is 0 Å². The van der Waals surface area contributed by atoms with E-state index in [2.05, 4.69) is 15.3 Å². The number of hydrogen-bond acceptors (Lipinski definition) is 5. The van der Waals surface area contributed by atoms with Crippen molar-refractivity contribution in [1.29, 1.82) is 0 Å². The first kappa shape index (κ1) is 11.9. The molecule has 1 aromatic heterocycles. The Morgan fingerprint density at radius 3 is 2.82 bits per heavy atom. The van der Waals surface area contributed by atoms with Crippen LogP contribution in [0.4, 0.5) is 5.69 Å². The maximum atomic E-state index is 11.8. The summed E-state index contributed by atoms with van der Waals surface area (Å²) in [5.41, 5.74) is 6.07. The van der Waals surface area contributed by atoms with E-state index >= 15 is 0 Å². The number of carbonyl (C=O) groups is 1. The number of nitrogens with two attached hydrogens (primary N) is 1. The predicted octanol–water partition coefficient (Wildman–Crippen LogP) is 0.230. The van der Waals surface area contributed by atoms with Crippen LogP contribution in [0.25, 0.3) is 0 Å². The van der Waals surface area contributed by atoms with Gasteiger partial charge in [0.15, 0.2) is 0 Å². The lowest BCUT2D eigenvalue weighted by molar-refractivity contribution is -0.126. The SMILES string of the molecule is Cc1ncc(NC(=O)[C@@H]2CC[C@H](CN)O2)cn1. The third-order valence-electron chi connectivity index (χ3n) is 2.71. The number of aryl methyl sites for hydroxylation is 1. The van der Waals surface area contributed by atoms with Gasteiger partial charge in [0.1, 0.15) is 11.9 Å². The van der Waals surface area contributed by atoms with Gasteiger partial charge in [-0.3, -0.25) is 4.79 Å². The molecule has 3 N–H and O–H groups in total. The molecular formula is C11H16N4O2. The number of hydrogen-bond donors (Lipinski definition) is 2. The van der Waals surface area contributed by atoms with Crippen LogP contribution in [-0.2, 0) is 9.53 Å². The Labute approximate surface area is 99.6 Å². The van der Waals surface area contributed by atoms with Gasteiger partial charge in [-0.1, -0.05) is 0 Å². The van der Waals surface area contributed by atoms with Crippen LogP contribution in [0.15, 0.2) is 12.4 Å². The van der Waals surface area contributed by atoms with Gasteiger partial charge in [-0.2, -0.15) is 0 Å². The summed E-state index contributed by atoms with van der Waals surface area (Å²) in [6, 6.07) is 0. The molecule has 0 spiro atoms. The summed E-state index contributed by atoms with van der Waals surface area (Å²) in [4.78, 5) is 19.8. The fourth-order valence-electron chi connectivity index (χ4n) is 1.75. The van der Waals surface area contributed by atoms with Gasteiger partial charge in [0.25, 0.3) is 5.91 Å². The van der Waals surface area contributed by atoms with E-state index in [1.807, 2.05) is 0 Å². The Morgan fingerprint density at radius 1 is 1.53 bits per heavy atom. The van der Waals surface area contributed by atoms with E-state index in [0.29, 0.717) is 24.5 Å². The van der Waals surface area contributed by atoms with Crippen LogP contribution in [0.3, 0.4) is 0 Å². The van der Waals surface area contributed by atoms with Gasteiger partial charge in [-0.05, 0) is 19.8 Å². The number of ether oxygens (including phenoxy) is 1. The highest BCUT2D eigenvalue weighted by molar-refractivity contribution is 5.94. The van der Waals surface area contributed by atoms with Crippen molar-refractivity contribution in [2.24, 2.45) is 5.73 Å². The predicted molar refractivity (Wildman–Crippen MR) is 62.3 cm³/mol. The highest BCUT2D eigenvalue weighted by Crippen LogP contribution is 2.20. The highest BCUT2D eigenvalue weighted by Gasteiger charge is 2.29. The highest BCUT2D eigenvalue weighted by atomic mass is 16.5. The average Bonchev–Trinajstić information content (AvgIpc) is 2.81. The minimum atomic E-state index is -0.412. The van der Waals surface area contributed by atoms with Crippen LogP contribution >= 0.6 is 0 Å². The van der Waals surface area contributed by atoms with Crippen LogP contribution in [0.5, 0.6) is 0 Å². The molecule has 2 rings (SSSR count). The zero-order chi connectivity index (χ0) is 12.3. The second-order valence-corrected chi connectivity index (χ2v) is 4.07. The Kier molecular flexibility index (Phi) is 3.65. The zero-order valence-corrected chi connectivity index (χ0v) is 9.72. The van der Waals surface area contributed by atoms with Crippen molar-refractivity contribution < 1.29 is 9.53 Å². The molecule has 17 heavy (non-hydrogen) atoms. The molecule has 1 aliphatic heterocycles. The van der Waals surface area contributed by atoms with Crippen LogP contribution in [-0.4, -0.2) is 34.6 Å². The summed E-state index contributed by atoms with van der Waals surface area (Å²) in [5.74, 6) is 0.511. The van der Waals surface area contributed by atoms with E-state index in [4.69, 9.17) is 10.5 Å². The number of carbonyl (C=O) groups excluding carboxylic acids is 1. The summed E-state index contributed by atoms with van der Waals surface area (Å²) >= 11 is 0. The monoisotopic (exact) mass is 236 g/mol. The molecule has 2 atom stereocenters. The van der Waals surface area contributed by atoms with Crippen LogP contribution in [0.2, 0.25) is 0 Å². The Morgan fingerprint density at radius 2 is 2.24 bits per heavy atom. The molecule has 0 bridgehead atoms. The quantitative estimate of drug-likeness (QED) is 0.784. The van der Waals surface area contributed by atoms with Crippen molar-refractivity contribution >= 4 is 11.6 Å². The fraction of sp³-hybridized carbons (Fsp3) is 0.545. The average molecular weight is 236 g/mol. The van der Waals surface area contributed by atoms with Crippen LogP contribution < -0.4 is 11.1 Å². The fourth-order valence-corrected chi connectivity index (χ4v) is 1.75. The number of amides is 1. The van der Waals surface area contributed by atoms with Crippen LogP contribution in [0.1, 0.15) is 18.7 Å². The molecule has 0 radical (unpaired) electrons. The standard InChI is InChI=1S/C11H16N4O2/c1-7-13-5-8(6-14-7)15-11(16)10-3-2-9(4-12)17-10/h5-6,9-10H,2-4,12H2,1H3,(H,15,16)/t9-,10+/m1/s1. The van der Waals surface area contributed by atoms with E-state index in [0.717, 1.165) is 6.42 Å². The third kappa shape index (κ3) is 2.98. The van der Waals surface area contributed by atoms with E-state index in [1.165, 1.54) is 0 Å². The molecule has 0 unspecified atom stereocenters. The molecule has 1 amide bonds. The first-order chi connectivity index (χ1) is 8.19. The molecule has 0 aromatic carbocycles. The van der Waals surface area contributed by atoms with Gasteiger partial charge >= 0.3 is 0 Å². The van der Waals surface area contributed by atoms with Gasteiger partial charge in [0.05, 0.1) is 24.2 Å². The Balaban J connectivity index is 1.91. The molecule has 1 fully saturated rings. The first-order valence-corrected chi connectivity index (χ1v) is 5.64. The molecule has 6 nitrogen and oxygen atoms in total. The van der Waals surface area contributed by atoms with Crippen molar-refractivity contribution in [1.82, 2.24) is 9.97 Å². The maximum Gasteiger partial charge on any atom is 0.253 e. The molecule has 2 heterocycles. The summed E-state index contributed by atoms with van der Waals surface area (Å²) in [7, 11) is 0. The molecular weight excluding hydrogens is 220 g/mol. The van der Waals surface area contributed by atoms with E-state index in [1.54, 1.807) is 19.3 Å². The number of anilines is 1. The molecule has 0 saturated carbocycles. The van der Waals surface area contributed by atoms with E-state index in [-0.39, 0.29) is 12.0 Å². The minimum absolute atomic E-state index is 0.0000165. The molecule has 6 heteroatoms.